The van der Waals surface area contributed by atoms with Crippen LogP contribution in [-0.2, 0) is 14.8 Å². The van der Waals surface area contributed by atoms with E-state index in [2.05, 4.69) is 15.2 Å². The summed E-state index contributed by atoms with van der Waals surface area (Å²) >= 11 is 0. The summed E-state index contributed by atoms with van der Waals surface area (Å²) in [5.74, 6) is -0.0181. The number of ether oxygens (including phenoxy) is 1. The van der Waals surface area contributed by atoms with E-state index in [-0.39, 0.29) is 16.4 Å². The number of carbonyl (C=O) groups excluding carboxylic acids is 1. The second kappa shape index (κ2) is 10.0. The first-order chi connectivity index (χ1) is 15.7. The summed E-state index contributed by atoms with van der Waals surface area (Å²) in [7, 11) is -4.03. The maximum atomic E-state index is 12.5. The standard InChI is InChI=1S/C23H22N4O5S/c1-4-31-20-9-5-17(6-10-20)13-18(14-24)22(28)25-19-7-11-21(12-8-19)33(29,30)27-23-15(2)16(3)26-32-23/h5-13H,4H2,1-3H3,(H2,25,26,27,28)/p-1. The lowest BCUT2D eigenvalue weighted by molar-refractivity contribution is -0.112. The van der Waals surface area contributed by atoms with E-state index in [9.17, 15) is 18.5 Å². The molecule has 0 unspecified atom stereocenters. The minimum atomic E-state index is -4.03. The SMILES string of the molecule is CCOc1ccc(C=C(C#N)C(=O)Nc2ccc(S(=O)(=O)[N-]c3onc(C)c3C)cc2)cc1. The molecular weight excluding hydrogens is 444 g/mol. The molecule has 0 spiro atoms. The van der Waals surface area contributed by atoms with Crippen molar-refractivity contribution in [3.63, 3.8) is 0 Å². The number of hydrogen-bond donors (Lipinski definition) is 1. The monoisotopic (exact) mass is 465 g/mol. The predicted octanol–water partition coefficient (Wildman–Crippen LogP) is 4.63. The number of nitrogens with zero attached hydrogens (tertiary/aromatic N) is 3. The summed E-state index contributed by atoms with van der Waals surface area (Å²) in [5, 5.41) is 15.6. The van der Waals surface area contributed by atoms with E-state index in [0.717, 1.165) is 0 Å². The van der Waals surface area contributed by atoms with Gasteiger partial charge in [-0.2, -0.15) is 5.26 Å². The van der Waals surface area contributed by atoms with Crippen molar-refractivity contribution in [2.75, 3.05) is 11.9 Å². The third-order valence-electron chi connectivity index (χ3n) is 4.61. The highest BCUT2D eigenvalue weighted by molar-refractivity contribution is 7.94. The molecule has 0 saturated heterocycles. The normalized spacial score (nSPS) is 11.5. The second-order valence-electron chi connectivity index (χ2n) is 6.91. The van der Waals surface area contributed by atoms with Crippen LogP contribution in [0, 0.1) is 25.2 Å². The van der Waals surface area contributed by atoms with E-state index in [1.807, 2.05) is 13.0 Å². The van der Waals surface area contributed by atoms with Crippen molar-refractivity contribution < 1.29 is 22.5 Å². The fraction of sp³-hybridized carbons (Fsp3) is 0.174. The second-order valence-corrected chi connectivity index (χ2v) is 8.52. The molecule has 0 radical (unpaired) electrons. The minimum absolute atomic E-state index is 0.0806. The number of aromatic nitrogens is 1. The summed E-state index contributed by atoms with van der Waals surface area (Å²) in [6, 6.07) is 14.2. The van der Waals surface area contributed by atoms with Crippen LogP contribution in [0.4, 0.5) is 11.6 Å². The number of anilines is 1. The zero-order valence-electron chi connectivity index (χ0n) is 18.2. The van der Waals surface area contributed by atoms with Crippen molar-refractivity contribution in [3.05, 3.63) is 75.6 Å². The Balaban J connectivity index is 1.71. The number of sulfonamides is 1. The first kappa shape index (κ1) is 23.6. The number of nitriles is 1. The molecule has 0 aliphatic heterocycles. The highest BCUT2D eigenvalue weighted by atomic mass is 32.2. The van der Waals surface area contributed by atoms with Crippen LogP contribution < -0.4 is 10.1 Å². The van der Waals surface area contributed by atoms with Crippen molar-refractivity contribution in [2.45, 2.75) is 25.7 Å². The first-order valence-electron chi connectivity index (χ1n) is 9.90. The van der Waals surface area contributed by atoms with Crippen LogP contribution >= 0.6 is 0 Å². The summed E-state index contributed by atoms with van der Waals surface area (Å²) in [6.07, 6.45) is 1.45. The molecule has 1 amide bonds. The van der Waals surface area contributed by atoms with Crippen molar-refractivity contribution in [3.8, 4) is 11.8 Å². The number of rotatable bonds is 8. The van der Waals surface area contributed by atoms with E-state index in [1.54, 1.807) is 38.1 Å². The largest absolute Gasteiger partial charge is 0.539 e. The van der Waals surface area contributed by atoms with Gasteiger partial charge in [0, 0.05) is 5.69 Å². The van der Waals surface area contributed by atoms with Crippen molar-refractivity contribution in [2.24, 2.45) is 0 Å². The third-order valence-corrected chi connectivity index (χ3v) is 5.89. The number of aryl methyl sites for hydroxylation is 1. The Morgan fingerprint density at radius 1 is 1.18 bits per heavy atom. The van der Waals surface area contributed by atoms with Crippen LogP contribution in [0.25, 0.3) is 10.8 Å². The molecule has 3 aromatic rings. The molecule has 0 aliphatic rings. The van der Waals surface area contributed by atoms with Gasteiger partial charge in [0.25, 0.3) is 5.91 Å². The van der Waals surface area contributed by atoms with Gasteiger partial charge in [0.1, 0.15) is 27.4 Å². The van der Waals surface area contributed by atoms with Crippen molar-refractivity contribution >= 4 is 33.6 Å². The molecule has 0 bridgehead atoms. The van der Waals surface area contributed by atoms with Gasteiger partial charge in [0.15, 0.2) is 0 Å². The van der Waals surface area contributed by atoms with Gasteiger partial charge in [-0.05, 0) is 74.4 Å². The summed E-state index contributed by atoms with van der Waals surface area (Å²) in [6.45, 7) is 5.75. The number of amides is 1. The van der Waals surface area contributed by atoms with Gasteiger partial charge in [-0.15, -0.1) is 0 Å². The van der Waals surface area contributed by atoms with Gasteiger partial charge < -0.3 is 19.3 Å². The van der Waals surface area contributed by atoms with Gasteiger partial charge in [-0.1, -0.05) is 17.3 Å². The molecule has 170 valence electrons. The summed E-state index contributed by atoms with van der Waals surface area (Å²) in [5.41, 5.74) is 1.95. The zero-order chi connectivity index (χ0) is 24.0. The van der Waals surface area contributed by atoms with Gasteiger partial charge in [-0.25, -0.2) is 8.42 Å². The average molecular weight is 466 g/mol. The molecule has 10 heteroatoms. The molecule has 1 heterocycles. The fourth-order valence-corrected chi connectivity index (χ4v) is 3.68. The predicted molar refractivity (Wildman–Crippen MR) is 122 cm³/mol. The maximum Gasteiger partial charge on any atom is 0.266 e. The molecule has 0 saturated carbocycles. The third kappa shape index (κ3) is 5.78. The minimum Gasteiger partial charge on any atom is -0.539 e. The van der Waals surface area contributed by atoms with Crippen LogP contribution in [0.5, 0.6) is 5.75 Å². The maximum absolute atomic E-state index is 12.5. The Labute approximate surface area is 191 Å². The van der Waals surface area contributed by atoms with E-state index in [1.165, 1.54) is 30.3 Å². The Hall–Kier alpha value is -4.10. The lowest BCUT2D eigenvalue weighted by atomic mass is 10.1. The van der Waals surface area contributed by atoms with Gasteiger partial charge >= 0.3 is 0 Å². The number of nitrogens with one attached hydrogen (secondary N) is 1. The van der Waals surface area contributed by atoms with Crippen LogP contribution in [0.3, 0.4) is 0 Å². The first-order valence-corrected chi connectivity index (χ1v) is 11.3. The Bertz CT molecular complexity index is 1320. The lowest BCUT2D eigenvalue weighted by Crippen LogP contribution is -2.13. The summed E-state index contributed by atoms with van der Waals surface area (Å²) < 4.78 is 39.0. The highest BCUT2D eigenvalue weighted by Crippen LogP contribution is 2.32. The Morgan fingerprint density at radius 3 is 2.39 bits per heavy atom. The fourth-order valence-electron chi connectivity index (χ4n) is 2.70. The van der Waals surface area contributed by atoms with E-state index in [4.69, 9.17) is 9.26 Å². The molecule has 0 fully saturated rings. The van der Waals surface area contributed by atoms with E-state index >= 15 is 0 Å². The Morgan fingerprint density at radius 2 is 1.85 bits per heavy atom. The molecule has 33 heavy (non-hydrogen) atoms. The van der Waals surface area contributed by atoms with Gasteiger partial charge in [-0.3, -0.25) is 4.79 Å². The molecule has 3 rings (SSSR count). The lowest BCUT2D eigenvalue weighted by Gasteiger charge is -2.19. The quantitative estimate of drug-likeness (QED) is 0.378. The van der Waals surface area contributed by atoms with E-state index in [0.29, 0.717) is 34.9 Å². The molecule has 2 aromatic carbocycles. The van der Waals surface area contributed by atoms with Crippen LogP contribution in [0.2, 0.25) is 0 Å². The average Bonchev–Trinajstić information content (AvgIpc) is 3.10. The number of hydrogen-bond acceptors (Lipinski definition) is 7. The molecule has 1 N–H and O–H groups in total. The zero-order valence-corrected chi connectivity index (χ0v) is 19.0. The van der Waals surface area contributed by atoms with Gasteiger partial charge in [0.2, 0.25) is 0 Å². The number of benzene rings is 2. The van der Waals surface area contributed by atoms with Crippen molar-refractivity contribution in [1.29, 1.82) is 5.26 Å². The van der Waals surface area contributed by atoms with E-state index < -0.39 is 15.9 Å². The van der Waals surface area contributed by atoms with Gasteiger partial charge in [0.05, 0.1) is 23.1 Å². The molecule has 0 atom stereocenters. The molecule has 9 nitrogen and oxygen atoms in total. The van der Waals surface area contributed by atoms with Crippen LogP contribution in [0.15, 0.2) is 63.5 Å². The highest BCUT2D eigenvalue weighted by Gasteiger charge is 2.12. The number of carbonyl (C=O) groups is 1. The Kier molecular flexibility index (Phi) is 7.15. The molecule has 0 aliphatic carbocycles. The van der Waals surface area contributed by atoms with Crippen LogP contribution in [0.1, 0.15) is 23.7 Å². The topological polar surface area (TPSA) is 136 Å². The summed E-state index contributed by atoms with van der Waals surface area (Å²) in [4.78, 5) is 12.4. The molecular formula is C23H21N4O5S-. The van der Waals surface area contributed by atoms with Crippen LogP contribution in [-0.4, -0.2) is 26.1 Å². The molecule has 1 aromatic heterocycles. The van der Waals surface area contributed by atoms with Crippen molar-refractivity contribution in [1.82, 2.24) is 5.16 Å². The smallest absolute Gasteiger partial charge is 0.266 e.